The molecule has 0 fully saturated rings. The zero-order valence-corrected chi connectivity index (χ0v) is 21.6. The van der Waals surface area contributed by atoms with Crippen LogP contribution in [0.3, 0.4) is 0 Å². The summed E-state index contributed by atoms with van der Waals surface area (Å²) in [6.45, 7) is 3.76. The molecular weight excluding hydrogens is 506 g/mol. The van der Waals surface area contributed by atoms with Crippen molar-refractivity contribution in [3.05, 3.63) is 66.2 Å². The molecular formula is C25H31NO10S. The van der Waals surface area contributed by atoms with Gasteiger partial charge in [0.1, 0.15) is 5.75 Å². The van der Waals surface area contributed by atoms with Crippen LogP contribution in [0.2, 0.25) is 0 Å². The molecule has 2 rings (SSSR count). The first-order chi connectivity index (χ1) is 17.4. The zero-order valence-electron chi connectivity index (χ0n) is 20.8. The molecule has 37 heavy (non-hydrogen) atoms. The van der Waals surface area contributed by atoms with Crippen LogP contribution in [0.4, 0.5) is 4.79 Å². The molecule has 0 spiro atoms. The Morgan fingerprint density at radius 2 is 1.57 bits per heavy atom. The normalized spacial score (nSPS) is 13.2. The molecule has 2 N–H and O–H groups in total. The van der Waals surface area contributed by atoms with Gasteiger partial charge in [0.2, 0.25) is 5.91 Å². The average molecular weight is 538 g/mol. The van der Waals surface area contributed by atoms with E-state index in [0.29, 0.717) is 5.56 Å². The number of hydrogen-bond donors (Lipinski definition) is 2. The summed E-state index contributed by atoms with van der Waals surface area (Å²) in [5.41, 5.74) is -1.10. The maximum Gasteiger partial charge on any atom is 0.517 e. The highest BCUT2D eigenvalue weighted by Crippen LogP contribution is 2.27. The van der Waals surface area contributed by atoms with Crippen LogP contribution in [0.15, 0.2) is 60.7 Å². The van der Waals surface area contributed by atoms with Crippen molar-refractivity contribution < 1.29 is 46.3 Å². The van der Waals surface area contributed by atoms with Crippen molar-refractivity contribution in [3.63, 3.8) is 0 Å². The van der Waals surface area contributed by atoms with Gasteiger partial charge in [0.05, 0.1) is 12.4 Å². The first kappa shape index (κ1) is 29.7. The molecule has 0 bridgehead atoms. The fourth-order valence-electron chi connectivity index (χ4n) is 2.85. The van der Waals surface area contributed by atoms with Crippen LogP contribution in [0.1, 0.15) is 39.0 Å². The summed E-state index contributed by atoms with van der Waals surface area (Å²) in [4.78, 5) is 35.9. The van der Waals surface area contributed by atoms with Crippen molar-refractivity contribution in [2.75, 3.05) is 18.9 Å². The SMILES string of the molecule is CC(=O)NCCCS(=O)(=O)OCC(C)(C)[C@@H](O)C(=O)OC(OC(=O)Oc1ccccc1)c1ccccc1. The number of benzene rings is 2. The minimum atomic E-state index is -3.98. The van der Waals surface area contributed by atoms with Crippen LogP contribution in [0.5, 0.6) is 5.75 Å². The number of nitrogens with one attached hydrogen (secondary N) is 1. The van der Waals surface area contributed by atoms with Gasteiger partial charge >= 0.3 is 12.1 Å². The van der Waals surface area contributed by atoms with Crippen molar-refractivity contribution in [1.29, 1.82) is 0 Å². The number of carbonyl (C=O) groups excluding carboxylic acids is 3. The Balaban J connectivity index is 2.01. The number of aliphatic hydroxyl groups is 1. The van der Waals surface area contributed by atoms with E-state index >= 15 is 0 Å². The lowest BCUT2D eigenvalue weighted by Gasteiger charge is -2.29. The van der Waals surface area contributed by atoms with Crippen molar-refractivity contribution in [2.45, 2.75) is 39.6 Å². The summed E-state index contributed by atoms with van der Waals surface area (Å²) in [5, 5.41) is 13.1. The Hall–Kier alpha value is -3.48. The number of amides is 1. The van der Waals surface area contributed by atoms with Gasteiger partial charge in [-0.3, -0.25) is 8.98 Å². The molecule has 11 nitrogen and oxygen atoms in total. The van der Waals surface area contributed by atoms with Gasteiger partial charge in [-0.05, 0) is 18.6 Å². The van der Waals surface area contributed by atoms with E-state index in [1.807, 2.05) is 0 Å². The van der Waals surface area contributed by atoms with E-state index in [2.05, 4.69) is 5.32 Å². The van der Waals surface area contributed by atoms with Gasteiger partial charge in [-0.15, -0.1) is 0 Å². The molecule has 0 aliphatic heterocycles. The van der Waals surface area contributed by atoms with Crippen LogP contribution in [0.25, 0.3) is 0 Å². The third-order valence-corrected chi connectivity index (χ3v) is 6.23. The number of ether oxygens (including phenoxy) is 3. The first-order valence-corrected chi connectivity index (χ1v) is 13.0. The van der Waals surface area contributed by atoms with E-state index in [9.17, 15) is 27.9 Å². The highest BCUT2D eigenvalue weighted by atomic mass is 32.2. The van der Waals surface area contributed by atoms with Gasteiger partial charge in [-0.1, -0.05) is 62.4 Å². The van der Waals surface area contributed by atoms with E-state index in [-0.39, 0.29) is 30.4 Å². The number of para-hydroxylation sites is 1. The molecule has 0 aromatic heterocycles. The molecule has 1 unspecified atom stereocenters. The standard InChI is InChI=1S/C25H31NO10S/c1-18(27)26-15-10-16-37(31,32)33-17-25(2,3)21(28)22(29)35-23(19-11-6-4-7-12-19)36-24(30)34-20-13-8-5-9-14-20/h4-9,11-14,21,23,28H,10,15-17H2,1-3H3,(H,26,27)/t21-,23?/m0/s1. The summed E-state index contributed by atoms with van der Waals surface area (Å²) in [6, 6.07) is 16.2. The highest BCUT2D eigenvalue weighted by Gasteiger charge is 2.38. The topological polar surface area (TPSA) is 155 Å². The second-order valence-corrected chi connectivity index (χ2v) is 10.5. The molecule has 202 valence electrons. The van der Waals surface area contributed by atoms with E-state index in [0.717, 1.165) is 0 Å². The first-order valence-electron chi connectivity index (χ1n) is 11.4. The third-order valence-electron chi connectivity index (χ3n) is 4.96. The summed E-state index contributed by atoms with van der Waals surface area (Å²) < 4.78 is 44.8. The Kier molecular flexibility index (Phi) is 11.0. The lowest BCUT2D eigenvalue weighted by molar-refractivity contribution is -0.187. The fourth-order valence-corrected chi connectivity index (χ4v) is 3.95. The summed E-state index contributed by atoms with van der Waals surface area (Å²) in [6.07, 6.45) is -4.40. The highest BCUT2D eigenvalue weighted by molar-refractivity contribution is 7.86. The Bertz CT molecular complexity index is 1140. The lowest BCUT2D eigenvalue weighted by Crippen LogP contribution is -2.42. The number of carbonyl (C=O) groups is 3. The van der Waals surface area contributed by atoms with E-state index in [4.69, 9.17) is 18.4 Å². The minimum Gasteiger partial charge on any atom is -0.418 e. The smallest absolute Gasteiger partial charge is 0.418 e. The van der Waals surface area contributed by atoms with Gasteiger partial charge in [0.15, 0.2) is 6.10 Å². The van der Waals surface area contributed by atoms with Crippen molar-refractivity contribution in [1.82, 2.24) is 5.32 Å². The van der Waals surface area contributed by atoms with Crippen LogP contribution >= 0.6 is 0 Å². The molecule has 2 atom stereocenters. The molecule has 0 aliphatic carbocycles. The summed E-state index contributed by atoms with van der Waals surface area (Å²) >= 11 is 0. The molecule has 1 amide bonds. The fraction of sp³-hybridized carbons (Fsp3) is 0.400. The van der Waals surface area contributed by atoms with Crippen molar-refractivity contribution in [2.24, 2.45) is 5.41 Å². The Morgan fingerprint density at radius 3 is 2.16 bits per heavy atom. The van der Waals surface area contributed by atoms with Crippen LogP contribution in [-0.2, 0) is 33.4 Å². The molecule has 2 aromatic carbocycles. The minimum absolute atomic E-state index is 0.127. The second-order valence-electron chi connectivity index (χ2n) is 8.71. The monoisotopic (exact) mass is 537 g/mol. The van der Waals surface area contributed by atoms with E-state index in [1.54, 1.807) is 48.5 Å². The molecule has 0 radical (unpaired) electrons. The predicted octanol–water partition coefficient (Wildman–Crippen LogP) is 2.70. The van der Waals surface area contributed by atoms with Crippen LogP contribution in [-0.4, -0.2) is 56.6 Å². The molecule has 0 aliphatic rings. The Morgan fingerprint density at radius 1 is 0.973 bits per heavy atom. The number of rotatable bonds is 13. The maximum atomic E-state index is 12.8. The summed E-state index contributed by atoms with van der Waals surface area (Å²) in [5.74, 6) is -1.61. The number of aliphatic hydroxyl groups excluding tert-OH is 1. The third kappa shape index (κ3) is 10.6. The number of esters is 1. The average Bonchev–Trinajstić information content (AvgIpc) is 2.85. The van der Waals surface area contributed by atoms with Gasteiger partial charge in [-0.2, -0.15) is 8.42 Å². The molecule has 2 aromatic rings. The molecule has 0 saturated heterocycles. The van der Waals surface area contributed by atoms with Crippen molar-refractivity contribution >= 4 is 28.1 Å². The largest absolute Gasteiger partial charge is 0.517 e. The maximum absolute atomic E-state index is 12.8. The summed E-state index contributed by atoms with van der Waals surface area (Å²) in [7, 11) is -3.98. The van der Waals surface area contributed by atoms with E-state index < -0.39 is 46.7 Å². The van der Waals surface area contributed by atoms with E-state index in [1.165, 1.54) is 32.9 Å². The predicted molar refractivity (Wildman–Crippen MR) is 132 cm³/mol. The molecule has 12 heteroatoms. The van der Waals surface area contributed by atoms with Crippen LogP contribution in [0, 0.1) is 5.41 Å². The second kappa shape index (κ2) is 13.7. The van der Waals surface area contributed by atoms with Gasteiger partial charge < -0.3 is 24.6 Å². The van der Waals surface area contributed by atoms with Gasteiger partial charge in [-0.25, -0.2) is 9.59 Å². The number of hydrogen-bond acceptors (Lipinski definition) is 10. The van der Waals surface area contributed by atoms with Gasteiger partial charge in [0.25, 0.3) is 16.4 Å². The molecule has 0 saturated carbocycles. The quantitative estimate of drug-likeness (QED) is 0.128. The van der Waals surface area contributed by atoms with Gasteiger partial charge in [0, 0.05) is 24.4 Å². The molecule has 0 heterocycles. The zero-order chi connectivity index (χ0) is 27.5. The van der Waals surface area contributed by atoms with Crippen LogP contribution < -0.4 is 10.1 Å². The van der Waals surface area contributed by atoms with Crippen molar-refractivity contribution in [3.8, 4) is 5.75 Å². The Labute approximate surface area is 215 Å². The lowest BCUT2D eigenvalue weighted by atomic mass is 9.87.